The Hall–Kier alpha value is 0.310. The Balaban J connectivity index is 1.65. The molecule has 14 heavy (non-hydrogen) atoms. The second-order valence-electron chi connectivity index (χ2n) is 5.44. The highest BCUT2D eigenvalue weighted by Crippen LogP contribution is 2.58. The summed E-state index contributed by atoms with van der Waals surface area (Å²) in [6.45, 7) is 1.11. The number of nitrogens with one attached hydrogen (secondary N) is 1. The predicted octanol–water partition coefficient (Wildman–Crippen LogP) is 2.33. The van der Waals surface area contributed by atoms with E-state index in [4.69, 9.17) is 0 Å². The molecule has 3 aliphatic carbocycles. The Bertz CT molecular complexity index is 218. The van der Waals surface area contributed by atoms with Crippen LogP contribution in [-0.4, -0.2) is 18.3 Å². The molecule has 3 rings (SSSR count). The lowest BCUT2D eigenvalue weighted by atomic mass is 9.79. The van der Waals surface area contributed by atoms with Crippen LogP contribution in [0.25, 0.3) is 0 Å². The highest BCUT2D eigenvalue weighted by molar-refractivity contribution is 7.80. The van der Waals surface area contributed by atoms with Crippen molar-refractivity contribution in [2.45, 2.75) is 38.1 Å². The lowest BCUT2D eigenvalue weighted by Gasteiger charge is -2.32. The average Bonchev–Trinajstić information content (AvgIpc) is 2.85. The summed E-state index contributed by atoms with van der Waals surface area (Å²) >= 11 is 4.28. The summed E-state index contributed by atoms with van der Waals surface area (Å²) < 4.78 is 0. The highest BCUT2D eigenvalue weighted by atomic mass is 32.1. The summed E-state index contributed by atoms with van der Waals surface area (Å²) in [5.74, 6) is 5.35. The molecular weight excluding hydrogens is 190 g/mol. The van der Waals surface area contributed by atoms with Gasteiger partial charge in [0.25, 0.3) is 0 Å². The van der Waals surface area contributed by atoms with Crippen molar-refractivity contribution >= 4 is 12.6 Å². The summed E-state index contributed by atoms with van der Waals surface area (Å²) in [5.41, 5.74) is 0. The van der Waals surface area contributed by atoms with Gasteiger partial charge in [0.1, 0.15) is 0 Å². The smallest absolute Gasteiger partial charge is 0.0101 e. The van der Waals surface area contributed by atoms with Crippen LogP contribution >= 0.6 is 12.6 Å². The van der Waals surface area contributed by atoms with Crippen LogP contribution in [0, 0.1) is 23.7 Å². The molecule has 0 spiro atoms. The zero-order valence-electron chi connectivity index (χ0n) is 8.78. The Labute approximate surface area is 92.4 Å². The van der Waals surface area contributed by atoms with Crippen LogP contribution in [0.15, 0.2) is 0 Å². The second-order valence-corrected chi connectivity index (χ2v) is 5.89. The molecule has 3 fully saturated rings. The van der Waals surface area contributed by atoms with E-state index in [1.807, 2.05) is 0 Å². The lowest BCUT2D eigenvalue weighted by molar-refractivity contribution is 0.211. The van der Waals surface area contributed by atoms with Crippen LogP contribution in [0.5, 0.6) is 0 Å². The molecule has 0 aromatic heterocycles. The van der Waals surface area contributed by atoms with Gasteiger partial charge in [-0.3, -0.25) is 0 Å². The van der Waals surface area contributed by atoms with Crippen LogP contribution in [0.3, 0.4) is 0 Å². The molecule has 0 heterocycles. The van der Waals surface area contributed by atoms with Crippen molar-refractivity contribution in [2.75, 3.05) is 12.3 Å². The molecule has 5 unspecified atom stereocenters. The largest absolute Gasteiger partial charge is 0.313 e. The van der Waals surface area contributed by atoms with Gasteiger partial charge in [-0.1, -0.05) is 6.42 Å². The first-order valence-electron chi connectivity index (χ1n) is 6.24. The SMILES string of the molecule is SCCNC1CC2CC1C1CCCC21. The van der Waals surface area contributed by atoms with Crippen molar-refractivity contribution in [3.05, 3.63) is 0 Å². The molecule has 0 aliphatic heterocycles. The minimum Gasteiger partial charge on any atom is -0.313 e. The molecule has 3 saturated carbocycles. The first-order chi connectivity index (χ1) is 6.90. The van der Waals surface area contributed by atoms with Crippen molar-refractivity contribution in [3.63, 3.8) is 0 Å². The normalized spacial score (nSPS) is 49.9. The van der Waals surface area contributed by atoms with Crippen molar-refractivity contribution in [1.82, 2.24) is 5.32 Å². The van der Waals surface area contributed by atoms with Gasteiger partial charge in [-0.2, -0.15) is 12.6 Å². The fourth-order valence-corrected chi connectivity index (χ4v) is 4.68. The van der Waals surface area contributed by atoms with E-state index in [0.29, 0.717) is 0 Å². The summed E-state index contributed by atoms with van der Waals surface area (Å²) in [5, 5.41) is 3.70. The molecule has 0 saturated heterocycles. The van der Waals surface area contributed by atoms with E-state index >= 15 is 0 Å². The van der Waals surface area contributed by atoms with Gasteiger partial charge in [-0.05, 0) is 49.4 Å². The molecule has 2 heteroatoms. The molecule has 80 valence electrons. The van der Waals surface area contributed by atoms with E-state index in [2.05, 4.69) is 17.9 Å². The van der Waals surface area contributed by atoms with Crippen molar-refractivity contribution in [1.29, 1.82) is 0 Å². The number of rotatable bonds is 3. The number of hydrogen-bond acceptors (Lipinski definition) is 2. The molecule has 0 aromatic carbocycles. The number of hydrogen-bond donors (Lipinski definition) is 2. The molecule has 0 radical (unpaired) electrons. The molecule has 3 aliphatic rings. The third kappa shape index (κ3) is 1.34. The van der Waals surface area contributed by atoms with E-state index in [1.165, 1.54) is 19.3 Å². The Kier molecular flexibility index (Phi) is 2.53. The van der Waals surface area contributed by atoms with E-state index in [1.54, 1.807) is 12.8 Å². The Morgan fingerprint density at radius 3 is 2.79 bits per heavy atom. The van der Waals surface area contributed by atoms with Crippen LogP contribution in [-0.2, 0) is 0 Å². The fourth-order valence-electron chi connectivity index (χ4n) is 4.55. The fraction of sp³-hybridized carbons (Fsp3) is 1.00. The third-order valence-corrected chi connectivity index (χ3v) is 5.17. The van der Waals surface area contributed by atoms with Crippen LogP contribution in [0.2, 0.25) is 0 Å². The van der Waals surface area contributed by atoms with Crippen LogP contribution in [0.1, 0.15) is 32.1 Å². The molecule has 0 amide bonds. The summed E-state index contributed by atoms with van der Waals surface area (Å²) in [4.78, 5) is 0. The van der Waals surface area contributed by atoms with Gasteiger partial charge >= 0.3 is 0 Å². The zero-order valence-corrected chi connectivity index (χ0v) is 9.68. The first-order valence-corrected chi connectivity index (χ1v) is 6.87. The monoisotopic (exact) mass is 211 g/mol. The second kappa shape index (κ2) is 3.71. The number of fused-ring (bicyclic) bond motifs is 5. The molecule has 1 N–H and O–H groups in total. The maximum Gasteiger partial charge on any atom is 0.0101 e. The summed E-state index contributed by atoms with van der Waals surface area (Å²) in [6.07, 6.45) is 7.61. The van der Waals surface area contributed by atoms with Gasteiger partial charge in [0.05, 0.1) is 0 Å². The van der Waals surface area contributed by atoms with Gasteiger partial charge in [-0.25, -0.2) is 0 Å². The lowest BCUT2D eigenvalue weighted by Crippen LogP contribution is -2.40. The average molecular weight is 211 g/mol. The zero-order chi connectivity index (χ0) is 9.54. The minimum atomic E-state index is 0.853. The highest BCUT2D eigenvalue weighted by Gasteiger charge is 2.53. The Morgan fingerprint density at radius 1 is 1.07 bits per heavy atom. The predicted molar refractivity (Wildman–Crippen MR) is 62.7 cm³/mol. The van der Waals surface area contributed by atoms with Gasteiger partial charge in [0.15, 0.2) is 0 Å². The molecule has 2 bridgehead atoms. The molecule has 0 aromatic rings. The van der Waals surface area contributed by atoms with Crippen molar-refractivity contribution in [2.24, 2.45) is 23.7 Å². The number of thiol groups is 1. The van der Waals surface area contributed by atoms with Crippen LogP contribution < -0.4 is 5.32 Å². The van der Waals surface area contributed by atoms with Gasteiger partial charge in [0, 0.05) is 18.3 Å². The summed E-state index contributed by atoms with van der Waals surface area (Å²) in [6, 6.07) is 0.853. The van der Waals surface area contributed by atoms with Gasteiger partial charge in [0.2, 0.25) is 0 Å². The van der Waals surface area contributed by atoms with Crippen molar-refractivity contribution in [3.8, 4) is 0 Å². The van der Waals surface area contributed by atoms with Crippen LogP contribution in [0.4, 0.5) is 0 Å². The minimum absolute atomic E-state index is 0.853. The molecule has 1 nitrogen and oxygen atoms in total. The van der Waals surface area contributed by atoms with Gasteiger partial charge < -0.3 is 5.32 Å². The topological polar surface area (TPSA) is 12.0 Å². The summed E-state index contributed by atoms with van der Waals surface area (Å²) in [7, 11) is 0. The quantitative estimate of drug-likeness (QED) is 0.683. The van der Waals surface area contributed by atoms with E-state index in [-0.39, 0.29) is 0 Å². The standard InChI is InChI=1S/C12H21NS/c14-5-4-13-12-7-8-6-11(12)10-3-1-2-9(8)10/h8-14H,1-7H2. The van der Waals surface area contributed by atoms with E-state index in [0.717, 1.165) is 42.0 Å². The maximum absolute atomic E-state index is 4.28. The Morgan fingerprint density at radius 2 is 1.93 bits per heavy atom. The van der Waals surface area contributed by atoms with Crippen molar-refractivity contribution < 1.29 is 0 Å². The first kappa shape index (κ1) is 9.53. The van der Waals surface area contributed by atoms with E-state index < -0.39 is 0 Å². The maximum atomic E-state index is 4.28. The van der Waals surface area contributed by atoms with Gasteiger partial charge in [-0.15, -0.1) is 0 Å². The molecule has 5 atom stereocenters. The van der Waals surface area contributed by atoms with E-state index in [9.17, 15) is 0 Å². The molecular formula is C12H21NS. The third-order valence-electron chi connectivity index (χ3n) is 4.95.